The minimum atomic E-state index is -0.507. The molecule has 3 N–H and O–H groups in total. The zero-order valence-electron chi connectivity index (χ0n) is 13.3. The molecule has 20 heavy (non-hydrogen) atoms. The minimum Gasteiger partial charge on any atom is -0.368 e. The highest BCUT2D eigenvalue weighted by molar-refractivity contribution is 5.86. The van der Waals surface area contributed by atoms with Crippen molar-refractivity contribution < 1.29 is 4.79 Å². The molecule has 0 aromatic heterocycles. The summed E-state index contributed by atoms with van der Waals surface area (Å²) in [7, 11) is 0. The first-order valence-electron chi connectivity index (χ1n) is 8.28. The third kappa shape index (κ3) is 3.53. The molecule has 1 aliphatic carbocycles. The van der Waals surface area contributed by atoms with Crippen LogP contribution < -0.4 is 11.1 Å². The van der Waals surface area contributed by atoms with Crippen molar-refractivity contribution >= 4 is 5.91 Å². The first kappa shape index (κ1) is 15.8. The van der Waals surface area contributed by atoms with Gasteiger partial charge in [0.2, 0.25) is 5.91 Å². The van der Waals surface area contributed by atoms with Crippen molar-refractivity contribution in [1.82, 2.24) is 10.2 Å². The van der Waals surface area contributed by atoms with E-state index >= 15 is 0 Å². The van der Waals surface area contributed by atoms with E-state index in [1.165, 1.54) is 19.3 Å². The SMILES string of the molecule is CCC1CCN(CC(NC(C)C)(C(N)=O)C2CC2)CC1. The van der Waals surface area contributed by atoms with Crippen molar-refractivity contribution in [3.63, 3.8) is 0 Å². The minimum absolute atomic E-state index is 0.161. The summed E-state index contributed by atoms with van der Waals surface area (Å²) in [5, 5.41) is 3.51. The summed E-state index contributed by atoms with van der Waals surface area (Å²) in [6, 6.07) is 0.288. The zero-order valence-corrected chi connectivity index (χ0v) is 13.3. The molecule has 0 bridgehead atoms. The summed E-state index contributed by atoms with van der Waals surface area (Å²) < 4.78 is 0. The van der Waals surface area contributed by atoms with Crippen molar-refractivity contribution in [2.45, 2.75) is 64.5 Å². The van der Waals surface area contributed by atoms with Crippen LogP contribution in [-0.2, 0) is 4.79 Å². The van der Waals surface area contributed by atoms with Crippen LogP contribution in [-0.4, -0.2) is 42.0 Å². The van der Waals surface area contributed by atoms with Crippen LogP contribution in [0.3, 0.4) is 0 Å². The van der Waals surface area contributed by atoms with Crippen LogP contribution in [0, 0.1) is 11.8 Å². The largest absolute Gasteiger partial charge is 0.368 e. The number of nitrogens with zero attached hydrogens (tertiary/aromatic N) is 1. The van der Waals surface area contributed by atoms with Gasteiger partial charge in [-0.3, -0.25) is 10.1 Å². The quantitative estimate of drug-likeness (QED) is 0.747. The maximum atomic E-state index is 12.2. The lowest BCUT2D eigenvalue weighted by Crippen LogP contribution is -2.65. The number of nitrogens with one attached hydrogen (secondary N) is 1. The number of carbonyl (C=O) groups excluding carboxylic acids is 1. The Morgan fingerprint density at radius 3 is 2.30 bits per heavy atom. The number of amides is 1. The Hall–Kier alpha value is -0.610. The van der Waals surface area contributed by atoms with E-state index in [1.54, 1.807) is 0 Å². The first-order valence-corrected chi connectivity index (χ1v) is 8.28. The lowest BCUT2D eigenvalue weighted by atomic mass is 9.88. The van der Waals surface area contributed by atoms with E-state index in [0.29, 0.717) is 5.92 Å². The van der Waals surface area contributed by atoms with Crippen LogP contribution in [0.2, 0.25) is 0 Å². The molecular formula is C16H31N3O. The molecule has 2 fully saturated rings. The van der Waals surface area contributed by atoms with Gasteiger partial charge in [0.15, 0.2) is 0 Å². The van der Waals surface area contributed by atoms with Gasteiger partial charge in [-0.25, -0.2) is 0 Å². The molecule has 1 unspecified atom stereocenters. The second-order valence-electron chi connectivity index (χ2n) is 7.04. The van der Waals surface area contributed by atoms with Crippen molar-refractivity contribution in [2.24, 2.45) is 17.6 Å². The lowest BCUT2D eigenvalue weighted by Gasteiger charge is -2.41. The lowest BCUT2D eigenvalue weighted by molar-refractivity contribution is -0.126. The highest BCUT2D eigenvalue weighted by atomic mass is 16.1. The molecule has 1 aliphatic heterocycles. The smallest absolute Gasteiger partial charge is 0.239 e. The predicted octanol–water partition coefficient (Wildman–Crippen LogP) is 1.74. The molecule has 0 aromatic carbocycles. The van der Waals surface area contributed by atoms with Gasteiger partial charge in [0.1, 0.15) is 5.54 Å². The molecule has 4 heteroatoms. The normalized spacial score (nSPS) is 24.8. The summed E-state index contributed by atoms with van der Waals surface area (Å²) in [6.07, 6.45) is 6.07. The van der Waals surface area contributed by atoms with Crippen molar-refractivity contribution in [2.75, 3.05) is 19.6 Å². The van der Waals surface area contributed by atoms with Crippen LogP contribution in [0.4, 0.5) is 0 Å². The van der Waals surface area contributed by atoms with Gasteiger partial charge in [-0.2, -0.15) is 0 Å². The molecule has 116 valence electrons. The molecular weight excluding hydrogens is 250 g/mol. The van der Waals surface area contributed by atoms with Gasteiger partial charge in [-0.1, -0.05) is 13.3 Å². The van der Waals surface area contributed by atoms with Crippen LogP contribution in [0.25, 0.3) is 0 Å². The van der Waals surface area contributed by atoms with Crippen molar-refractivity contribution in [3.8, 4) is 0 Å². The molecule has 0 aromatic rings. The van der Waals surface area contributed by atoms with Gasteiger partial charge in [-0.15, -0.1) is 0 Å². The third-order valence-electron chi connectivity index (χ3n) is 5.02. The molecule has 1 heterocycles. The Morgan fingerprint density at radius 1 is 1.30 bits per heavy atom. The zero-order chi connectivity index (χ0) is 14.8. The maximum absolute atomic E-state index is 12.2. The van der Waals surface area contributed by atoms with Crippen LogP contribution in [0.1, 0.15) is 52.9 Å². The van der Waals surface area contributed by atoms with E-state index in [9.17, 15) is 4.79 Å². The Labute approximate surface area is 123 Å². The van der Waals surface area contributed by atoms with Gasteiger partial charge in [0, 0.05) is 12.6 Å². The van der Waals surface area contributed by atoms with E-state index < -0.39 is 5.54 Å². The number of rotatable bonds is 7. The number of primary amides is 1. The summed E-state index contributed by atoms with van der Waals surface area (Å²) in [5.41, 5.74) is 5.30. The average molecular weight is 281 g/mol. The Morgan fingerprint density at radius 2 is 1.90 bits per heavy atom. The molecule has 0 spiro atoms. The average Bonchev–Trinajstić information content (AvgIpc) is 3.22. The van der Waals surface area contributed by atoms with Gasteiger partial charge in [0.25, 0.3) is 0 Å². The molecule has 1 saturated heterocycles. The fourth-order valence-electron chi connectivity index (χ4n) is 3.64. The second-order valence-corrected chi connectivity index (χ2v) is 7.04. The maximum Gasteiger partial charge on any atom is 0.239 e. The highest BCUT2D eigenvalue weighted by Gasteiger charge is 2.50. The van der Waals surface area contributed by atoms with Crippen molar-refractivity contribution in [1.29, 1.82) is 0 Å². The predicted molar refractivity (Wildman–Crippen MR) is 82.4 cm³/mol. The number of carbonyl (C=O) groups is 1. The molecule has 2 rings (SSSR count). The van der Waals surface area contributed by atoms with E-state index in [-0.39, 0.29) is 11.9 Å². The Balaban J connectivity index is 2.02. The van der Waals surface area contributed by atoms with Gasteiger partial charge >= 0.3 is 0 Å². The first-order chi connectivity index (χ1) is 9.48. The van der Waals surface area contributed by atoms with E-state index in [1.807, 2.05) is 0 Å². The molecule has 1 atom stereocenters. The van der Waals surface area contributed by atoms with E-state index in [2.05, 4.69) is 31.0 Å². The third-order valence-corrected chi connectivity index (χ3v) is 5.02. The topological polar surface area (TPSA) is 58.4 Å². The van der Waals surface area contributed by atoms with E-state index in [4.69, 9.17) is 5.73 Å². The molecule has 1 saturated carbocycles. The summed E-state index contributed by atoms with van der Waals surface area (Å²) in [4.78, 5) is 14.6. The standard InChI is InChI=1S/C16H31N3O/c1-4-13-7-9-19(10-8-13)11-16(15(17)20,14-5-6-14)18-12(2)3/h12-14,18H,4-11H2,1-3H3,(H2,17,20). The fourth-order valence-corrected chi connectivity index (χ4v) is 3.64. The number of hydrogen-bond donors (Lipinski definition) is 2. The van der Waals surface area contributed by atoms with Crippen LogP contribution in [0.5, 0.6) is 0 Å². The number of nitrogens with two attached hydrogens (primary N) is 1. The number of hydrogen-bond acceptors (Lipinski definition) is 3. The molecule has 2 aliphatic rings. The number of piperidine rings is 1. The summed E-state index contributed by atoms with van der Waals surface area (Å²) >= 11 is 0. The molecule has 4 nitrogen and oxygen atoms in total. The fraction of sp³-hybridized carbons (Fsp3) is 0.938. The van der Waals surface area contributed by atoms with Gasteiger partial charge < -0.3 is 10.6 Å². The van der Waals surface area contributed by atoms with Gasteiger partial charge in [0.05, 0.1) is 0 Å². The van der Waals surface area contributed by atoms with E-state index in [0.717, 1.165) is 38.4 Å². The monoisotopic (exact) mass is 281 g/mol. The molecule has 0 radical (unpaired) electrons. The van der Waals surface area contributed by atoms with Crippen LogP contribution >= 0.6 is 0 Å². The van der Waals surface area contributed by atoms with Gasteiger partial charge in [-0.05, 0) is 64.5 Å². The Kier molecular flexibility index (Phi) is 5.08. The Bertz CT molecular complexity index is 333. The molecule has 1 amide bonds. The highest BCUT2D eigenvalue weighted by Crippen LogP contribution is 2.41. The van der Waals surface area contributed by atoms with Crippen LogP contribution in [0.15, 0.2) is 0 Å². The second kappa shape index (κ2) is 6.44. The summed E-state index contributed by atoms with van der Waals surface area (Å²) in [5.74, 6) is 1.14. The summed E-state index contributed by atoms with van der Waals surface area (Å²) in [6.45, 7) is 9.49. The van der Waals surface area contributed by atoms with Crippen molar-refractivity contribution in [3.05, 3.63) is 0 Å². The number of likely N-dealkylation sites (tertiary alicyclic amines) is 1.